The Morgan fingerprint density at radius 1 is 1.23 bits per heavy atom. The van der Waals surface area contributed by atoms with Crippen LogP contribution in [0.1, 0.15) is 40.6 Å². The maximum atomic E-state index is 12.9. The fourth-order valence-electron chi connectivity index (χ4n) is 4.55. The third-order valence-corrected chi connectivity index (χ3v) is 6.82. The van der Waals surface area contributed by atoms with Crippen molar-refractivity contribution >= 4 is 29.0 Å². The quantitative estimate of drug-likeness (QED) is 0.487. The molecule has 2 atom stereocenters. The number of carbonyl (C=O) groups excluding carboxylic acids is 2. The van der Waals surface area contributed by atoms with E-state index in [4.69, 9.17) is 10.8 Å². The number of carboxylic acids is 1. The molecule has 0 bridgehead atoms. The van der Waals surface area contributed by atoms with Gasteiger partial charge in [0.2, 0.25) is 5.91 Å². The Hall–Kier alpha value is -4.46. The number of nitrogens with one attached hydrogen (secondary N) is 1. The molecule has 4 heterocycles. The Morgan fingerprint density at radius 3 is 2.60 bits per heavy atom. The second kappa shape index (κ2) is 8.09. The minimum atomic E-state index is -1.11. The van der Waals surface area contributed by atoms with Gasteiger partial charge >= 0.3 is 5.97 Å². The van der Waals surface area contributed by atoms with E-state index >= 15 is 0 Å². The molecule has 5 rings (SSSR count). The van der Waals surface area contributed by atoms with Crippen molar-refractivity contribution in [1.29, 1.82) is 5.26 Å². The van der Waals surface area contributed by atoms with Crippen LogP contribution in [0.2, 0.25) is 0 Å². The molecule has 1 aliphatic carbocycles. The topological polar surface area (TPSA) is 167 Å². The van der Waals surface area contributed by atoms with Crippen LogP contribution in [0.5, 0.6) is 0 Å². The first-order chi connectivity index (χ1) is 16.7. The van der Waals surface area contributed by atoms with E-state index in [-0.39, 0.29) is 29.1 Å². The van der Waals surface area contributed by atoms with Crippen LogP contribution in [0.15, 0.2) is 36.8 Å². The van der Waals surface area contributed by atoms with Crippen LogP contribution < -0.4 is 11.1 Å². The van der Waals surface area contributed by atoms with Crippen LogP contribution in [0.4, 0.5) is 5.69 Å². The van der Waals surface area contributed by atoms with Crippen molar-refractivity contribution in [1.82, 2.24) is 19.5 Å². The van der Waals surface area contributed by atoms with E-state index in [2.05, 4.69) is 21.5 Å². The number of aromatic carboxylic acids is 1. The highest BCUT2D eigenvalue weighted by Crippen LogP contribution is 2.47. The number of carboxylic acid groups (broad SMARTS) is 1. The predicted octanol–water partition coefficient (Wildman–Crippen LogP) is 1.76. The average Bonchev–Trinajstić information content (AvgIpc) is 3.39. The first-order valence-electron chi connectivity index (χ1n) is 11.2. The van der Waals surface area contributed by atoms with E-state index in [0.717, 1.165) is 5.56 Å². The molecule has 3 aromatic rings. The number of hydrogen-bond acceptors (Lipinski definition) is 7. The maximum Gasteiger partial charge on any atom is 0.354 e. The summed E-state index contributed by atoms with van der Waals surface area (Å²) in [5, 5.41) is 26.2. The molecule has 1 saturated carbocycles. The Morgan fingerprint density at radius 2 is 2.00 bits per heavy atom. The number of nitrogens with zero attached hydrogens (tertiary/aromatic N) is 5. The Bertz CT molecular complexity index is 1400. The smallest absolute Gasteiger partial charge is 0.354 e. The molecule has 2 aliphatic rings. The van der Waals surface area contributed by atoms with Crippen LogP contribution in [0.3, 0.4) is 0 Å². The lowest BCUT2D eigenvalue weighted by Crippen LogP contribution is -2.36. The van der Waals surface area contributed by atoms with E-state index in [0.29, 0.717) is 42.7 Å². The average molecular weight is 473 g/mol. The number of aromatic nitrogens is 3. The van der Waals surface area contributed by atoms with Crippen molar-refractivity contribution in [3.63, 3.8) is 0 Å². The molecule has 0 aromatic carbocycles. The molecule has 0 spiro atoms. The minimum absolute atomic E-state index is 0.0623. The van der Waals surface area contributed by atoms with Gasteiger partial charge in [0.25, 0.3) is 5.91 Å². The summed E-state index contributed by atoms with van der Waals surface area (Å²) in [5.74, 6) is -1.81. The van der Waals surface area contributed by atoms with E-state index in [1.54, 1.807) is 21.7 Å². The SMILES string of the molecule is CC1CN(C(=O)C2(C#N)CC2)CC1Nc1c(C(N)=O)cnn2cc(-c3ccc(C(=O)O)nc3)cc12. The number of primary amides is 1. The van der Waals surface area contributed by atoms with Gasteiger partial charge in [-0.25, -0.2) is 14.3 Å². The number of nitrogens with two attached hydrogens (primary N) is 1. The van der Waals surface area contributed by atoms with Gasteiger partial charge in [0.05, 0.1) is 29.0 Å². The lowest BCUT2D eigenvalue weighted by atomic mass is 10.1. The maximum absolute atomic E-state index is 12.9. The second-order valence-corrected chi connectivity index (χ2v) is 9.23. The van der Waals surface area contributed by atoms with Crippen LogP contribution in [0.25, 0.3) is 16.6 Å². The van der Waals surface area contributed by atoms with E-state index in [9.17, 15) is 19.6 Å². The molecule has 4 N–H and O–H groups in total. The molecule has 35 heavy (non-hydrogen) atoms. The summed E-state index contributed by atoms with van der Waals surface area (Å²) in [5.41, 5.74) is 7.44. The Kier molecular flexibility index (Phi) is 5.16. The molecular weight excluding hydrogens is 450 g/mol. The number of pyridine rings is 1. The number of fused-ring (bicyclic) bond motifs is 1. The van der Waals surface area contributed by atoms with Gasteiger partial charge in [-0.3, -0.25) is 9.59 Å². The van der Waals surface area contributed by atoms with Crippen LogP contribution in [-0.2, 0) is 4.79 Å². The number of amides is 2. The van der Waals surface area contributed by atoms with Crippen LogP contribution in [0, 0.1) is 22.7 Å². The summed E-state index contributed by atoms with van der Waals surface area (Å²) in [6.45, 7) is 2.93. The highest BCUT2D eigenvalue weighted by molar-refractivity contribution is 6.02. The lowest BCUT2D eigenvalue weighted by molar-refractivity contribution is -0.134. The number of likely N-dealkylation sites (tertiary alicyclic amines) is 1. The first-order valence-corrected chi connectivity index (χ1v) is 11.2. The third-order valence-electron chi connectivity index (χ3n) is 6.82. The molecule has 1 saturated heterocycles. The molecule has 11 heteroatoms. The van der Waals surface area contributed by atoms with Crippen LogP contribution in [-0.4, -0.2) is 61.5 Å². The molecule has 11 nitrogen and oxygen atoms in total. The number of anilines is 1. The number of nitriles is 1. The Labute approximate surface area is 200 Å². The summed E-state index contributed by atoms with van der Waals surface area (Å²) in [7, 11) is 0. The number of carbonyl (C=O) groups is 3. The molecule has 1 aliphatic heterocycles. The van der Waals surface area contributed by atoms with Gasteiger partial charge in [-0.05, 0) is 30.9 Å². The van der Waals surface area contributed by atoms with Gasteiger partial charge in [-0.1, -0.05) is 13.0 Å². The molecular formula is C24H23N7O4. The predicted molar refractivity (Wildman–Crippen MR) is 124 cm³/mol. The van der Waals surface area contributed by atoms with Gasteiger partial charge in [0, 0.05) is 42.7 Å². The van der Waals surface area contributed by atoms with Gasteiger partial charge < -0.3 is 21.1 Å². The number of rotatable bonds is 6. The fourth-order valence-corrected chi connectivity index (χ4v) is 4.55. The normalized spacial score (nSPS) is 20.4. The van der Waals surface area contributed by atoms with Gasteiger partial charge in [-0.2, -0.15) is 10.4 Å². The molecule has 0 radical (unpaired) electrons. The third kappa shape index (κ3) is 3.82. The monoisotopic (exact) mass is 473 g/mol. The zero-order valence-electron chi connectivity index (χ0n) is 18.9. The van der Waals surface area contributed by atoms with Crippen molar-refractivity contribution in [2.24, 2.45) is 17.1 Å². The van der Waals surface area contributed by atoms with Gasteiger partial charge in [-0.15, -0.1) is 0 Å². The fraction of sp³-hybridized carbons (Fsp3) is 0.333. The molecule has 3 aromatic heterocycles. The summed E-state index contributed by atoms with van der Waals surface area (Å²) in [6.07, 6.45) is 5.80. The number of hydrogen-bond donors (Lipinski definition) is 3. The highest BCUT2D eigenvalue weighted by atomic mass is 16.4. The van der Waals surface area contributed by atoms with Crippen molar-refractivity contribution in [2.45, 2.75) is 25.8 Å². The second-order valence-electron chi connectivity index (χ2n) is 9.23. The highest BCUT2D eigenvalue weighted by Gasteiger charge is 2.54. The molecule has 2 amide bonds. The zero-order valence-corrected chi connectivity index (χ0v) is 18.9. The van der Waals surface area contributed by atoms with E-state index in [1.165, 1.54) is 18.5 Å². The van der Waals surface area contributed by atoms with E-state index in [1.807, 2.05) is 13.0 Å². The summed E-state index contributed by atoms with van der Waals surface area (Å²) >= 11 is 0. The van der Waals surface area contributed by atoms with Crippen LogP contribution >= 0.6 is 0 Å². The minimum Gasteiger partial charge on any atom is -0.477 e. The summed E-state index contributed by atoms with van der Waals surface area (Å²) in [6, 6.07) is 6.89. The Balaban J connectivity index is 1.47. The first kappa shape index (κ1) is 22.3. The molecule has 2 unspecified atom stereocenters. The van der Waals surface area contributed by atoms with Gasteiger partial charge in [0.15, 0.2) is 0 Å². The van der Waals surface area contributed by atoms with Crippen molar-refractivity contribution in [2.75, 3.05) is 18.4 Å². The summed E-state index contributed by atoms with van der Waals surface area (Å²) in [4.78, 5) is 41.9. The van der Waals surface area contributed by atoms with E-state index < -0.39 is 17.3 Å². The van der Waals surface area contributed by atoms with Crippen molar-refractivity contribution < 1.29 is 19.5 Å². The summed E-state index contributed by atoms with van der Waals surface area (Å²) < 4.78 is 1.60. The van der Waals surface area contributed by atoms with Gasteiger partial charge in [0.1, 0.15) is 11.1 Å². The van der Waals surface area contributed by atoms with Crippen molar-refractivity contribution in [3.8, 4) is 17.2 Å². The van der Waals surface area contributed by atoms with Crippen molar-refractivity contribution in [3.05, 3.63) is 48.0 Å². The largest absolute Gasteiger partial charge is 0.477 e. The molecule has 2 fully saturated rings. The lowest BCUT2D eigenvalue weighted by Gasteiger charge is -2.21. The standard InChI is InChI=1S/C24H23N7O4/c1-13-9-30(23(35)24(12-25)4-5-24)11-18(13)29-20-16(21(26)32)8-28-31-10-15(6-19(20)31)14-2-3-17(22(33)34)27-7-14/h2-3,6-8,10,13,18,29H,4-5,9,11H2,1H3,(H2,26,32)(H,33,34). The molecule has 178 valence electrons. The zero-order chi connectivity index (χ0) is 24.9.